The molecule has 1 atom stereocenters. The van der Waals surface area contributed by atoms with Crippen LogP contribution in [0.4, 0.5) is 0 Å². The monoisotopic (exact) mass is 332 g/mol. The molecule has 0 amide bonds. The van der Waals surface area contributed by atoms with Crippen molar-refractivity contribution in [2.45, 2.75) is 18.7 Å². The van der Waals surface area contributed by atoms with Crippen molar-refractivity contribution in [1.82, 2.24) is 0 Å². The van der Waals surface area contributed by atoms with Crippen LogP contribution < -0.4 is 0 Å². The predicted molar refractivity (Wildman–Crippen MR) is 84.9 cm³/mol. The highest BCUT2D eigenvalue weighted by atomic mass is 35.5. The van der Waals surface area contributed by atoms with E-state index in [1.54, 1.807) is 6.07 Å². The standard InChI is InChI=1S/C15H12Cl4/c1-9-4-11(8-12(16)5-9)14(18)6-10-2-3-13(17)15(19)7-10/h2-5,7-8,14H,6H2,1H3. The molecule has 1 unspecified atom stereocenters. The van der Waals surface area contributed by atoms with Crippen molar-refractivity contribution in [2.24, 2.45) is 0 Å². The molecule has 0 aliphatic rings. The molecular formula is C15H12Cl4. The summed E-state index contributed by atoms with van der Waals surface area (Å²) in [5.41, 5.74) is 3.16. The number of hydrogen-bond donors (Lipinski definition) is 0. The van der Waals surface area contributed by atoms with Gasteiger partial charge in [0, 0.05) is 5.02 Å². The first-order valence-electron chi connectivity index (χ1n) is 5.81. The SMILES string of the molecule is Cc1cc(Cl)cc(C(Cl)Cc2ccc(Cl)c(Cl)c2)c1. The van der Waals surface area contributed by atoms with E-state index in [1.807, 2.05) is 37.3 Å². The Morgan fingerprint density at radius 1 is 0.947 bits per heavy atom. The zero-order valence-electron chi connectivity index (χ0n) is 10.3. The molecule has 2 rings (SSSR count). The zero-order valence-corrected chi connectivity index (χ0v) is 13.3. The minimum Gasteiger partial charge on any atom is -0.117 e. The van der Waals surface area contributed by atoms with E-state index in [0.717, 1.165) is 16.7 Å². The summed E-state index contributed by atoms with van der Waals surface area (Å²) in [5, 5.41) is 1.66. The first-order valence-corrected chi connectivity index (χ1v) is 7.38. The number of benzene rings is 2. The molecule has 0 bridgehead atoms. The van der Waals surface area contributed by atoms with E-state index >= 15 is 0 Å². The molecule has 0 heterocycles. The van der Waals surface area contributed by atoms with Gasteiger partial charge >= 0.3 is 0 Å². The van der Waals surface area contributed by atoms with Crippen LogP contribution in [0.5, 0.6) is 0 Å². The molecule has 0 aliphatic carbocycles. The van der Waals surface area contributed by atoms with Crippen molar-refractivity contribution in [3.63, 3.8) is 0 Å². The van der Waals surface area contributed by atoms with Crippen LogP contribution >= 0.6 is 46.4 Å². The molecule has 0 saturated heterocycles. The maximum atomic E-state index is 6.44. The lowest BCUT2D eigenvalue weighted by molar-refractivity contribution is 0.918. The highest BCUT2D eigenvalue weighted by Crippen LogP contribution is 2.30. The summed E-state index contributed by atoms with van der Waals surface area (Å²) >= 11 is 24.4. The fourth-order valence-electron chi connectivity index (χ4n) is 1.94. The van der Waals surface area contributed by atoms with Gasteiger partial charge in [0.1, 0.15) is 0 Å². The van der Waals surface area contributed by atoms with E-state index in [-0.39, 0.29) is 5.38 Å². The number of hydrogen-bond acceptors (Lipinski definition) is 0. The first kappa shape index (κ1) is 15.0. The van der Waals surface area contributed by atoms with Gasteiger partial charge in [0.05, 0.1) is 15.4 Å². The Morgan fingerprint density at radius 3 is 2.32 bits per heavy atom. The second-order valence-corrected chi connectivity index (χ2v) is 6.26. The van der Waals surface area contributed by atoms with Gasteiger partial charge in [0.15, 0.2) is 0 Å². The summed E-state index contributed by atoms with van der Waals surface area (Å²) in [4.78, 5) is 0. The number of aryl methyl sites for hydroxylation is 1. The molecule has 0 N–H and O–H groups in total. The van der Waals surface area contributed by atoms with E-state index in [9.17, 15) is 0 Å². The Balaban J connectivity index is 2.20. The number of rotatable bonds is 3. The molecule has 0 spiro atoms. The molecule has 0 radical (unpaired) electrons. The van der Waals surface area contributed by atoms with Crippen LogP contribution in [0.25, 0.3) is 0 Å². The lowest BCUT2D eigenvalue weighted by Crippen LogP contribution is -1.97. The second kappa shape index (κ2) is 6.37. The van der Waals surface area contributed by atoms with E-state index in [4.69, 9.17) is 46.4 Å². The zero-order chi connectivity index (χ0) is 14.0. The number of alkyl halides is 1. The summed E-state index contributed by atoms with van der Waals surface area (Å²) in [7, 11) is 0. The highest BCUT2D eigenvalue weighted by molar-refractivity contribution is 6.42. The minimum atomic E-state index is -0.144. The summed E-state index contributed by atoms with van der Waals surface area (Å²) in [6.07, 6.45) is 0.679. The maximum Gasteiger partial charge on any atom is 0.0626 e. The molecule has 0 fully saturated rings. The van der Waals surface area contributed by atoms with Crippen LogP contribution in [0.15, 0.2) is 36.4 Å². The quantitative estimate of drug-likeness (QED) is 0.564. The third-order valence-electron chi connectivity index (χ3n) is 2.83. The Labute approximate surface area is 133 Å². The molecule has 100 valence electrons. The van der Waals surface area contributed by atoms with Gasteiger partial charge in [-0.15, -0.1) is 11.6 Å². The van der Waals surface area contributed by atoms with Gasteiger partial charge in [-0.1, -0.05) is 46.9 Å². The summed E-state index contributed by atoms with van der Waals surface area (Å²) in [6, 6.07) is 11.4. The molecule has 0 aromatic heterocycles. The van der Waals surface area contributed by atoms with Crippen molar-refractivity contribution in [3.8, 4) is 0 Å². The first-order chi connectivity index (χ1) is 8.95. The van der Waals surface area contributed by atoms with Crippen LogP contribution in [0.3, 0.4) is 0 Å². The average Bonchev–Trinajstić information content (AvgIpc) is 2.32. The van der Waals surface area contributed by atoms with Crippen molar-refractivity contribution < 1.29 is 0 Å². The minimum absolute atomic E-state index is 0.144. The molecule has 2 aromatic rings. The third kappa shape index (κ3) is 4.03. The Morgan fingerprint density at radius 2 is 1.68 bits per heavy atom. The smallest absolute Gasteiger partial charge is 0.0626 e. The summed E-state index contributed by atoms with van der Waals surface area (Å²) in [6.45, 7) is 2.00. The van der Waals surface area contributed by atoms with E-state index in [1.165, 1.54) is 0 Å². The largest absolute Gasteiger partial charge is 0.117 e. The summed E-state index contributed by atoms with van der Waals surface area (Å²) < 4.78 is 0. The lowest BCUT2D eigenvalue weighted by atomic mass is 10.0. The van der Waals surface area contributed by atoms with Crippen molar-refractivity contribution in [2.75, 3.05) is 0 Å². The molecule has 0 saturated carbocycles. The Kier molecular flexibility index (Phi) is 5.03. The third-order valence-corrected chi connectivity index (χ3v) is 4.19. The van der Waals surface area contributed by atoms with Crippen LogP contribution in [-0.2, 0) is 6.42 Å². The van der Waals surface area contributed by atoms with Gasteiger partial charge in [-0.2, -0.15) is 0 Å². The van der Waals surface area contributed by atoms with Crippen LogP contribution in [0.2, 0.25) is 15.1 Å². The normalized spacial score (nSPS) is 12.5. The molecule has 4 heteroatoms. The lowest BCUT2D eigenvalue weighted by Gasteiger charge is -2.12. The van der Waals surface area contributed by atoms with Gasteiger partial charge in [0.2, 0.25) is 0 Å². The Hall–Kier alpha value is -0.400. The van der Waals surface area contributed by atoms with Crippen LogP contribution in [0.1, 0.15) is 22.1 Å². The molecule has 0 nitrogen and oxygen atoms in total. The van der Waals surface area contributed by atoms with Crippen molar-refractivity contribution in [1.29, 1.82) is 0 Å². The fourth-order valence-corrected chi connectivity index (χ4v) is 2.86. The van der Waals surface area contributed by atoms with Gasteiger partial charge in [-0.05, 0) is 54.3 Å². The highest BCUT2D eigenvalue weighted by Gasteiger charge is 2.11. The van der Waals surface area contributed by atoms with Gasteiger partial charge < -0.3 is 0 Å². The van der Waals surface area contributed by atoms with Crippen molar-refractivity contribution in [3.05, 3.63) is 68.2 Å². The number of halogens is 4. The van der Waals surface area contributed by atoms with E-state index in [0.29, 0.717) is 21.5 Å². The fraction of sp³-hybridized carbons (Fsp3) is 0.200. The van der Waals surface area contributed by atoms with Crippen LogP contribution in [0, 0.1) is 6.92 Å². The molecule has 19 heavy (non-hydrogen) atoms. The molecular weight excluding hydrogens is 322 g/mol. The summed E-state index contributed by atoms with van der Waals surface area (Å²) in [5.74, 6) is 0. The predicted octanol–water partition coefficient (Wildman–Crippen LogP) is 6.48. The average molecular weight is 334 g/mol. The van der Waals surface area contributed by atoms with Crippen LogP contribution in [-0.4, -0.2) is 0 Å². The Bertz CT molecular complexity index is 572. The van der Waals surface area contributed by atoms with E-state index in [2.05, 4.69) is 0 Å². The topological polar surface area (TPSA) is 0 Å². The van der Waals surface area contributed by atoms with Gasteiger partial charge in [-0.25, -0.2) is 0 Å². The maximum absolute atomic E-state index is 6.44. The van der Waals surface area contributed by atoms with Crippen molar-refractivity contribution >= 4 is 46.4 Å². The van der Waals surface area contributed by atoms with Gasteiger partial charge in [0.25, 0.3) is 0 Å². The molecule has 2 aromatic carbocycles. The second-order valence-electron chi connectivity index (χ2n) is 4.48. The molecule has 0 aliphatic heterocycles. The van der Waals surface area contributed by atoms with E-state index < -0.39 is 0 Å². The van der Waals surface area contributed by atoms with Gasteiger partial charge in [-0.3, -0.25) is 0 Å².